The molecule has 5 N–H and O–H groups in total. The first kappa shape index (κ1) is 10.2. The van der Waals surface area contributed by atoms with Gasteiger partial charge in [0.15, 0.2) is 5.82 Å². The van der Waals surface area contributed by atoms with Gasteiger partial charge in [0.1, 0.15) is 0 Å². The van der Waals surface area contributed by atoms with E-state index in [1.807, 2.05) is 6.07 Å². The first-order valence-electron chi connectivity index (χ1n) is 5.36. The normalized spacial score (nSPS) is 21.5. The smallest absolute Gasteiger partial charge is 0.169 e. The second-order valence-electron chi connectivity index (χ2n) is 4.03. The van der Waals surface area contributed by atoms with Crippen molar-refractivity contribution in [3.63, 3.8) is 0 Å². The summed E-state index contributed by atoms with van der Waals surface area (Å²) < 4.78 is 0. The lowest BCUT2D eigenvalue weighted by molar-refractivity contribution is 0.396. The SMILES string of the molecule is Nc1cc(CC2CCCCN2)nnc1N. The Hall–Kier alpha value is -1.36. The van der Waals surface area contributed by atoms with Gasteiger partial charge >= 0.3 is 0 Å². The molecule has 15 heavy (non-hydrogen) atoms. The number of hydrogen-bond donors (Lipinski definition) is 3. The molecular formula is C10H17N5. The largest absolute Gasteiger partial charge is 0.396 e. The van der Waals surface area contributed by atoms with Gasteiger partial charge in [0.25, 0.3) is 0 Å². The van der Waals surface area contributed by atoms with Crippen molar-refractivity contribution in [3.8, 4) is 0 Å². The second kappa shape index (κ2) is 4.44. The van der Waals surface area contributed by atoms with E-state index in [1.165, 1.54) is 19.3 Å². The Morgan fingerprint density at radius 2 is 2.20 bits per heavy atom. The average Bonchev–Trinajstić information content (AvgIpc) is 2.25. The van der Waals surface area contributed by atoms with Gasteiger partial charge in [-0.1, -0.05) is 6.42 Å². The van der Waals surface area contributed by atoms with E-state index in [0.29, 0.717) is 17.5 Å². The third-order valence-corrected chi connectivity index (χ3v) is 2.77. The highest BCUT2D eigenvalue weighted by molar-refractivity contribution is 5.57. The molecule has 1 aromatic heterocycles. The lowest BCUT2D eigenvalue weighted by Crippen LogP contribution is -2.35. The van der Waals surface area contributed by atoms with Gasteiger partial charge in [-0.25, -0.2) is 0 Å². The predicted octanol–water partition coefficient (Wildman–Crippen LogP) is 0.326. The van der Waals surface area contributed by atoms with Crippen molar-refractivity contribution in [2.75, 3.05) is 18.0 Å². The highest BCUT2D eigenvalue weighted by atomic mass is 15.1. The van der Waals surface area contributed by atoms with Crippen molar-refractivity contribution >= 4 is 11.5 Å². The van der Waals surface area contributed by atoms with Crippen molar-refractivity contribution in [2.45, 2.75) is 31.7 Å². The summed E-state index contributed by atoms with van der Waals surface area (Å²) in [6.07, 6.45) is 4.64. The third kappa shape index (κ3) is 2.56. The molecule has 82 valence electrons. The average molecular weight is 207 g/mol. The maximum Gasteiger partial charge on any atom is 0.169 e. The Kier molecular flexibility index (Phi) is 3.01. The maximum atomic E-state index is 5.68. The minimum absolute atomic E-state index is 0.315. The number of anilines is 2. The number of nitrogen functional groups attached to an aromatic ring is 2. The molecule has 0 radical (unpaired) electrons. The number of nitrogens with one attached hydrogen (secondary N) is 1. The molecule has 1 fully saturated rings. The van der Waals surface area contributed by atoms with E-state index in [4.69, 9.17) is 11.5 Å². The van der Waals surface area contributed by atoms with Crippen LogP contribution in [0.25, 0.3) is 0 Å². The topological polar surface area (TPSA) is 89.8 Å². The molecule has 1 aliphatic heterocycles. The Morgan fingerprint density at radius 3 is 2.87 bits per heavy atom. The molecule has 1 atom stereocenters. The van der Waals surface area contributed by atoms with E-state index >= 15 is 0 Å². The van der Waals surface area contributed by atoms with Crippen molar-refractivity contribution in [3.05, 3.63) is 11.8 Å². The van der Waals surface area contributed by atoms with Crippen LogP contribution in [0.5, 0.6) is 0 Å². The van der Waals surface area contributed by atoms with E-state index < -0.39 is 0 Å². The monoisotopic (exact) mass is 207 g/mol. The highest BCUT2D eigenvalue weighted by Crippen LogP contribution is 2.15. The summed E-state index contributed by atoms with van der Waals surface area (Å²) in [5, 5.41) is 11.3. The van der Waals surface area contributed by atoms with Gasteiger partial charge in [-0.05, 0) is 25.5 Å². The minimum Gasteiger partial charge on any atom is -0.396 e. The molecule has 1 unspecified atom stereocenters. The maximum absolute atomic E-state index is 5.68. The van der Waals surface area contributed by atoms with Crippen LogP contribution in [0.3, 0.4) is 0 Å². The molecule has 5 nitrogen and oxygen atoms in total. The quantitative estimate of drug-likeness (QED) is 0.650. The highest BCUT2D eigenvalue weighted by Gasteiger charge is 2.14. The molecule has 0 amide bonds. The van der Waals surface area contributed by atoms with Crippen LogP contribution in [0.15, 0.2) is 6.07 Å². The Bertz CT molecular complexity index is 333. The molecule has 0 spiro atoms. The van der Waals surface area contributed by atoms with Crippen molar-refractivity contribution < 1.29 is 0 Å². The van der Waals surface area contributed by atoms with Crippen molar-refractivity contribution in [2.24, 2.45) is 0 Å². The molecule has 1 saturated heterocycles. The number of nitrogens with zero attached hydrogens (tertiary/aromatic N) is 2. The molecular weight excluding hydrogens is 190 g/mol. The van der Waals surface area contributed by atoms with Gasteiger partial charge in [-0.15, -0.1) is 5.10 Å². The standard InChI is InChI=1S/C10H17N5/c11-9-6-8(14-15-10(9)12)5-7-3-1-2-4-13-7/h6-7,13H,1-5H2,(H2,11,14)(H2,12,15). The van der Waals surface area contributed by atoms with Crippen LogP contribution in [-0.2, 0) is 6.42 Å². The molecule has 0 saturated carbocycles. The summed E-state index contributed by atoms with van der Waals surface area (Å²) in [6.45, 7) is 1.10. The molecule has 1 aromatic rings. The summed E-state index contributed by atoms with van der Waals surface area (Å²) in [5.41, 5.74) is 12.6. The lowest BCUT2D eigenvalue weighted by Gasteiger charge is -2.22. The fourth-order valence-corrected chi connectivity index (χ4v) is 1.91. The lowest BCUT2D eigenvalue weighted by atomic mass is 10.0. The van der Waals surface area contributed by atoms with E-state index in [0.717, 1.165) is 18.7 Å². The van der Waals surface area contributed by atoms with Crippen molar-refractivity contribution in [1.29, 1.82) is 0 Å². The number of hydrogen-bond acceptors (Lipinski definition) is 5. The fraction of sp³-hybridized carbons (Fsp3) is 0.600. The van der Waals surface area contributed by atoms with Gasteiger partial charge in [0.05, 0.1) is 11.4 Å². The van der Waals surface area contributed by atoms with E-state index in [2.05, 4.69) is 15.5 Å². The number of piperidine rings is 1. The molecule has 5 heteroatoms. The zero-order valence-electron chi connectivity index (χ0n) is 8.74. The summed E-state index contributed by atoms with van der Waals surface area (Å²) in [4.78, 5) is 0. The molecule has 2 rings (SSSR count). The van der Waals surface area contributed by atoms with Gasteiger partial charge < -0.3 is 16.8 Å². The van der Waals surface area contributed by atoms with Crippen LogP contribution in [0.4, 0.5) is 11.5 Å². The van der Waals surface area contributed by atoms with Crippen LogP contribution in [0.2, 0.25) is 0 Å². The minimum atomic E-state index is 0.315. The summed E-state index contributed by atoms with van der Waals surface area (Å²) >= 11 is 0. The Morgan fingerprint density at radius 1 is 1.33 bits per heavy atom. The van der Waals surface area contributed by atoms with Crippen LogP contribution in [0, 0.1) is 0 Å². The van der Waals surface area contributed by atoms with E-state index in [9.17, 15) is 0 Å². The number of aromatic nitrogens is 2. The first-order valence-corrected chi connectivity index (χ1v) is 5.36. The van der Waals surface area contributed by atoms with E-state index in [-0.39, 0.29) is 0 Å². The summed E-state index contributed by atoms with van der Waals surface area (Å²) in [7, 11) is 0. The fourth-order valence-electron chi connectivity index (χ4n) is 1.91. The zero-order valence-corrected chi connectivity index (χ0v) is 8.74. The van der Waals surface area contributed by atoms with Gasteiger partial charge in [-0.2, -0.15) is 5.10 Å². The molecule has 0 aromatic carbocycles. The van der Waals surface area contributed by atoms with Crippen LogP contribution in [-0.4, -0.2) is 22.8 Å². The molecule has 0 aliphatic carbocycles. The number of rotatable bonds is 2. The van der Waals surface area contributed by atoms with Gasteiger partial charge in [-0.3, -0.25) is 0 Å². The Labute approximate surface area is 89.3 Å². The predicted molar refractivity (Wildman–Crippen MR) is 60.2 cm³/mol. The van der Waals surface area contributed by atoms with E-state index in [1.54, 1.807) is 0 Å². The van der Waals surface area contributed by atoms with Crippen molar-refractivity contribution in [1.82, 2.24) is 15.5 Å². The summed E-state index contributed by atoms with van der Waals surface area (Å²) in [6, 6.07) is 2.33. The van der Waals surface area contributed by atoms with Crippen LogP contribution < -0.4 is 16.8 Å². The third-order valence-electron chi connectivity index (χ3n) is 2.77. The van der Waals surface area contributed by atoms with Crippen LogP contribution >= 0.6 is 0 Å². The Balaban J connectivity index is 2.00. The molecule has 2 heterocycles. The number of nitrogens with two attached hydrogens (primary N) is 2. The summed E-state index contributed by atoms with van der Waals surface area (Å²) in [5.74, 6) is 0.315. The first-order chi connectivity index (χ1) is 7.25. The van der Waals surface area contributed by atoms with Gasteiger partial charge in [0.2, 0.25) is 0 Å². The van der Waals surface area contributed by atoms with Gasteiger partial charge in [0, 0.05) is 12.5 Å². The second-order valence-corrected chi connectivity index (χ2v) is 4.03. The van der Waals surface area contributed by atoms with Crippen LogP contribution in [0.1, 0.15) is 25.0 Å². The zero-order chi connectivity index (χ0) is 10.7. The molecule has 1 aliphatic rings. The molecule has 0 bridgehead atoms.